The van der Waals surface area contributed by atoms with E-state index in [4.69, 9.17) is 34.8 Å². The Morgan fingerprint density at radius 3 is 2.60 bits per heavy atom. The molecule has 0 aliphatic carbocycles. The SMILES string of the molecule is Fc1cc2nc(Cl)c(CCl)cc2cc1Cl. The van der Waals surface area contributed by atoms with Crippen molar-refractivity contribution in [2.45, 2.75) is 5.88 Å². The third-order valence-electron chi connectivity index (χ3n) is 2.03. The number of pyridine rings is 1. The third-order valence-corrected chi connectivity index (χ3v) is 2.93. The van der Waals surface area contributed by atoms with Crippen LogP contribution in [0, 0.1) is 5.82 Å². The summed E-state index contributed by atoms with van der Waals surface area (Å²) in [6.45, 7) is 0. The number of fused-ring (bicyclic) bond motifs is 1. The average Bonchev–Trinajstić information content (AvgIpc) is 2.20. The molecule has 1 heterocycles. The predicted molar refractivity (Wildman–Crippen MR) is 61.3 cm³/mol. The first-order chi connectivity index (χ1) is 7.11. The zero-order chi connectivity index (χ0) is 11.0. The summed E-state index contributed by atoms with van der Waals surface area (Å²) >= 11 is 17.2. The summed E-state index contributed by atoms with van der Waals surface area (Å²) in [6, 6.07) is 4.51. The molecule has 1 aromatic heterocycles. The lowest BCUT2D eigenvalue weighted by Gasteiger charge is -2.04. The van der Waals surface area contributed by atoms with Crippen molar-refractivity contribution in [3.05, 3.63) is 39.8 Å². The fourth-order valence-corrected chi connectivity index (χ4v) is 1.94. The molecule has 0 amide bonds. The van der Waals surface area contributed by atoms with Crippen molar-refractivity contribution in [2.24, 2.45) is 0 Å². The highest BCUT2D eigenvalue weighted by molar-refractivity contribution is 6.32. The summed E-state index contributed by atoms with van der Waals surface area (Å²) < 4.78 is 13.1. The largest absolute Gasteiger partial charge is 0.236 e. The minimum absolute atomic E-state index is 0.0622. The summed E-state index contributed by atoms with van der Waals surface area (Å²) in [4.78, 5) is 4.03. The van der Waals surface area contributed by atoms with Crippen LogP contribution in [0.2, 0.25) is 10.2 Å². The number of alkyl halides is 1. The molecule has 0 unspecified atom stereocenters. The highest BCUT2D eigenvalue weighted by atomic mass is 35.5. The van der Waals surface area contributed by atoms with Crippen LogP contribution in [0.15, 0.2) is 18.2 Å². The van der Waals surface area contributed by atoms with Crippen molar-refractivity contribution in [2.75, 3.05) is 0 Å². The van der Waals surface area contributed by atoms with Crippen LogP contribution >= 0.6 is 34.8 Å². The van der Waals surface area contributed by atoms with Gasteiger partial charge >= 0.3 is 0 Å². The number of benzene rings is 1. The van der Waals surface area contributed by atoms with Crippen molar-refractivity contribution in [1.82, 2.24) is 4.98 Å². The predicted octanol–water partition coefficient (Wildman–Crippen LogP) is 4.42. The van der Waals surface area contributed by atoms with Crippen molar-refractivity contribution < 1.29 is 4.39 Å². The Kier molecular flexibility index (Phi) is 3.01. The average molecular weight is 265 g/mol. The second-order valence-electron chi connectivity index (χ2n) is 3.03. The number of hydrogen-bond acceptors (Lipinski definition) is 1. The maximum Gasteiger partial charge on any atom is 0.143 e. The zero-order valence-electron chi connectivity index (χ0n) is 7.40. The van der Waals surface area contributed by atoms with Crippen molar-refractivity contribution in [3.8, 4) is 0 Å². The molecule has 78 valence electrons. The van der Waals surface area contributed by atoms with Crippen LogP contribution < -0.4 is 0 Å². The maximum absolute atomic E-state index is 13.1. The Labute approximate surface area is 101 Å². The van der Waals surface area contributed by atoms with Crippen LogP contribution in [0.1, 0.15) is 5.56 Å². The topological polar surface area (TPSA) is 12.9 Å². The molecule has 0 fully saturated rings. The Morgan fingerprint density at radius 1 is 1.20 bits per heavy atom. The number of rotatable bonds is 1. The third kappa shape index (κ3) is 2.03. The Hall–Kier alpha value is -0.570. The Bertz CT molecular complexity index is 528. The molecule has 0 spiro atoms. The van der Waals surface area contributed by atoms with Crippen molar-refractivity contribution in [3.63, 3.8) is 0 Å². The minimum Gasteiger partial charge on any atom is -0.236 e. The van der Waals surface area contributed by atoms with Crippen molar-refractivity contribution >= 4 is 45.7 Å². The van der Waals surface area contributed by atoms with Gasteiger partial charge in [-0.05, 0) is 12.1 Å². The van der Waals surface area contributed by atoms with Crippen LogP contribution in [0.25, 0.3) is 10.9 Å². The maximum atomic E-state index is 13.1. The van der Waals surface area contributed by atoms with Gasteiger partial charge in [-0.15, -0.1) is 11.6 Å². The van der Waals surface area contributed by atoms with Gasteiger partial charge in [0.2, 0.25) is 0 Å². The van der Waals surface area contributed by atoms with Gasteiger partial charge in [0.15, 0.2) is 0 Å². The molecule has 0 radical (unpaired) electrons. The Morgan fingerprint density at radius 2 is 1.93 bits per heavy atom. The lowest BCUT2D eigenvalue weighted by Crippen LogP contribution is -1.88. The smallest absolute Gasteiger partial charge is 0.143 e. The molecule has 0 atom stereocenters. The van der Waals surface area contributed by atoms with Crippen LogP contribution in [-0.2, 0) is 5.88 Å². The van der Waals surface area contributed by atoms with E-state index in [0.717, 1.165) is 5.39 Å². The monoisotopic (exact) mass is 263 g/mol. The number of nitrogens with zero attached hydrogens (tertiary/aromatic N) is 1. The fraction of sp³-hybridized carbons (Fsp3) is 0.100. The highest BCUT2D eigenvalue weighted by Gasteiger charge is 2.07. The van der Waals surface area contributed by atoms with E-state index in [1.807, 2.05) is 0 Å². The molecule has 1 nitrogen and oxygen atoms in total. The lowest BCUT2D eigenvalue weighted by molar-refractivity contribution is 0.630. The van der Waals surface area contributed by atoms with Gasteiger partial charge in [0, 0.05) is 17.0 Å². The molecule has 1 aromatic carbocycles. The van der Waals surface area contributed by atoms with Crippen LogP contribution in [0.3, 0.4) is 0 Å². The molecular weight excluding hydrogens is 259 g/mol. The van der Waals surface area contributed by atoms with E-state index in [0.29, 0.717) is 16.2 Å². The summed E-state index contributed by atoms with van der Waals surface area (Å²) in [6.07, 6.45) is 0. The summed E-state index contributed by atoms with van der Waals surface area (Å²) in [7, 11) is 0. The first-order valence-electron chi connectivity index (χ1n) is 4.12. The molecule has 5 heteroatoms. The van der Waals surface area contributed by atoms with E-state index >= 15 is 0 Å². The molecule has 0 saturated carbocycles. The number of hydrogen-bond donors (Lipinski definition) is 0. The molecule has 0 N–H and O–H groups in total. The van der Waals surface area contributed by atoms with Gasteiger partial charge in [-0.3, -0.25) is 0 Å². The summed E-state index contributed by atoms with van der Waals surface area (Å²) in [5.41, 5.74) is 1.17. The Balaban J connectivity index is 2.76. The van der Waals surface area contributed by atoms with E-state index in [1.165, 1.54) is 12.1 Å². The highest BCUT2D eigenvalue weighted by Crippen LogP contribution is 2.26. The zero-order valence-corrected chi connectivity index (χ0v) is 9.67. The van der Waals surface area contributed by atoms with E-state index in [9.17, 15) is 4.39 Å². The second kappa shape index (κ2) is 4.12. The molecule has 0 aliphatic rings. The van der Waals surface area contributed by atoms with Gasteiger partial charge in [0.05, 0.1) is 16.4 Å². The first kappa shape index (κ1) is 10.9. The quantitative estimate of drug-likeness (QED) is 0.549. The summed E-state index contributed by atoms with van der Waals surface area (Å²) in [5.74, 6) is -0.247. The minimum atomic E-state index is -0.508. The molecule has 2 aromatic rings. The standard InChI is InChI=1S/C10H5Cl3FN/c11-4-6-1-5-2-7(12)8(14)3-9(5)15-10(6)13/h1-3H,4H2. The number of aromatic nitrogens is 1. The molecule has 0 aliphatic heterocycles. The first-order valence-corrected chi connectivity index (χ1v) is 5.41. The molecular formula is C10H5Cl3FN. The molecule has 0 saturated heterocycles. The van der Waals surface area contributed by atoms with Crippen LogP contribution in [0.5, 0.6) is 0 Å². The van der Waals surface area contributed by atoms with Crippen LogP contribution in [0.4, 0.5) is 4.39 Å². The molecule has 2 rings (SSSR count). The van der Waals surface area contributed by atoms with Gasteiger partial charge in [-0.25, -0.2) is 9.37 Å². The normalized spacial score (nSPS) is 10.9. The fourth-order valence-electron chi connectivity index (χ4n) is 1.28. The van der Waals surface area contributed by atoms with Gasteiger partial charge < -0.3 is 0 Å². The summed E-state index contributed by atoms with van der Waals surface area (Å²) in [5, 5.41) is 1.08. The molecule has 15 heavy (non-hydrogen) atoms. The van der Waals surface area contributed by atoms with E-state index in [1.54, 1.807) is 6.07 Å². The van der Waals surface area contributed by atoms with E-state index in [2.05, 4.69) is 4.98 Å². The van der Waals surface area contributed by atoms with E-state index in [-0.39, 0.29) is 10.9 Å². The van der Waals surface area contributed by atoms with Crippen LogP contribution in [-0.4, -0.2) is 4.98 Å². The van der Waals surface area contributed by atoms with Gasteiger partial charge in [-0.1, -0.05) is 23.2 Å². The second-order valence-corrected chi connectivity index (χ2v) is 4.06. The van der Waals surface area contributed by atoms with Gasteiger partial charge in [-0.2, -0.15) is 0 Å². The van der Waals surface area contributed by atoms with Crippen molar-refractivity contribution in [1.29, 1.82) is 0 Å². The lowest BCUT2D eigenvalue weighted by atomic mass is 10.2. The number of halogens is 4. The van der Waals surface area contributed by atoms with Gasteiger partial charge in [0.25, 0.3) is 0 Å². The van der Waals surface area contributed by atoms with E-state index < -0.39 is 5.82 Å². The van der Waals surface area contributed by atoms with Gasteiger partial charge in [0.1, 0.15) is 11.0 Å². The molecule has 0 bridgehead atoms.